The largest absolute Gasteiger partial charge is 0.338 e. The maximum Gasteiger partial charge on any atom is 0.223 e. The lowest BCUT2D eigenvalue weighted by Gasteiger charge is -2.38. The molecule has 0 aliphatic carbocycles. The topological polar surface area (TPSA) is 59.2 Å². The van der Waals surface area contributed by atoms with Gasteiger partial charge in [-0.1, -0.05) is 13.0 Å². The second-order valence-electron chi connectivity index (χ2n) is 5.43. The number of carbonyl (C=O) groups excluding carboxylic acids is 1. The lowest BCUT2D eigenvalue weighted by molar-refractivity contribution is -0.135. The first kappa shape index (κ1) is 14.0. The van der Waals surface area contributed by atoms with Gasteiger partial charge in [0, 0.05) is 37.4 Å². The number of likely N-dealkylation sites (tertiary alicyclic amines) is 1. The van der Waals surface area contributed by atoms with Gasteiger partial charge in [0.05, 0.1) is 0 Å². The smallest absolute Gasteiger partial charge is 0.223 e. The molecule has 1 aromatic rings. The summed E-state index contributed by atoms with van der Waals surface area (Å²) in [5.41, 5.74) is 6.77. The Hall–Kier alpha value is -1.42. The van der Waals surface area contributed by atoms with Crippen LogP contribution in [0.2, 0.25) is 0 Å². The van der Waals surface area contributed by atoms with Gasteiger partial charge < -0.3 is 10.6 Å². The molecule has 0 bridgehead atoms. The van der Waals surface area contributed by atoms with Crippen molar-refractivity contribution in [2.24, 2.45) is 11.7 Å². The first-order chi connectivity index (χ1) is 9.20. The van der Waals surface area contributed by atoms with Crippen LogP contribution in [0.25, 0.3) is 0 Å². The summed E-state index contributed by atoms with van der Waals surface area (Å²) in [4.78, 5) is 18.5. The number of nitrogens with two attached hydrogens (primary N) is 1. The molecule has 0 aromatic carbocycles. The lowest BCUT2D eigenvalue weighted by atomic mass is 9.92. The highest BCUT2D eigenvalue weighted by molar-refractivity contribution is 5.76. The second-order valence-corrected chi connectivity index (χ2v) is 5.43. The minimum atomic E-state index is 0.216. The van der Waals surface area contributed by atoms with Crippen LogP contribution in [0.3, 0.4) is 0 Å². The third-order valence-corrected chi connectivity index (χ3v) is 3.89. The maximum absolute atomic E-state index is 12.3. The molecule has 2 unspecified atom stereocenters. The summed E-state index contributed by atoms with van der Waals surface area (Å²) in [5.74, 6) is 0.890. The van der Waals surface area contributed by atoms with Crippen LogP contribution < -0.4 is 5.73 Å². The van der Waals surface area contributed by atoms with Crippen LogP contribution in [0.4, 0.5) is 0 Å². The molecule has 1 aliphatic heterocycles. The number of aryl methyl sites for hydroxylation is 1. The van der Waals surface area contributed by atoms with Gasteiger partial charge in [-0.05, 0) is 37.3 Å². The minimum absolute atomic E-state index is 0.216. The zero-order valence-corrected chi connectivity index (χ0v) is 11.6. The summed E-state index contributed by atoms with van der Waals surface area (Å²) in [6.45, 7) is 3.65. The van der Waals surface area contributed by atoms with E-state index in [1.807, 2.05) is 23.1 Å². The molecular weight excluding hydrogens is 238 g/mol. The van der Waals surface area contributed by atoms with Gasteiger partial charge in [-0.2, -0.15) is 0 Å². The number of amides is 1. The number of nitrogens with zero attached hydrogens (tertiary/aromatic N) is 2. The summed E-state index contributed by atoms with van der Waals surface area (Å²) in [5, 5.41) is 0. The lowest BCUT2D eigenvalue weighted by Crippen LogP contribution is -2.49. The highest BCUT2D eigenvalue weighted by atomic mass is 16.2. The Labute approximate surface area is 115 Å². The van der Waals surface area contributed by atoms with Gasteiger partial charge >= 0.3 is 0 Å². The van der Waals surface area contributed by atoms with Crippen molar-refractivity contribution in [3.8, 4) is 0 Å². The van der Waals surface area contributed by atoms with Gasteiger partial charge in [0.15, 0.2) is 0 Å². The SMILES string of the molecule is CC1CCN(C(=O)CCc2ccccn2)C(CN)C1. The molecule has 104 valence electrons. The number of aromatic nitrogens is 1. The molecule has 1 aliphatic rings. The summed E-state index contributed by atoms with van der Waals surface area (Å²) < 4.78 is 0. The van der Waals surface area contributed by atoms with Gasteiger partial charge in [-0.15, -0.1) is 0 Å². The van der Waals surface area contributed by atoms with Gasteiger partial charge in [0.2, 0.25) is 5.91 Å². The molecule has 0 saturated carbocycles. The van der Waals surface area contributed by atoms with E-state index in [0.29, 0.717) is 25.3 Å². The molecule has 1 saturated heterocycles. The van der Waals surface area contributed by atoms with E-state index in [2.05, 4.69) is 11.9 Å². The molecule has 2 N–H and O–H groups in total. The van der Waals surface area contributed by atoms with Crippen LogP contribution in [0.15, 0.2) is 24.4 Å². The molecule has 1 aromatic heterocycles. The summed E-state index contributed by atoms with van der Waals surface area (Å²) in [7, 11) is 0. The van der Waals surface area contributed by atoms with Crippen LogP contribution in [0, 0.1) is 5.92 Å². The fourth-order valence-electron chi connectivity index (χ4n) is 2.73. The van der Waals surface area contributed by atoms with Gasteiger partial charge in [-0.3, -0.25) is 9.78 Å². The third-order valence-electron chi connectivity index (χ3n) is 3.89. The molecule has 2 atom stereocenters. The Kier molecular flexibility index (Phi) is 4.91. The van der Waals surface area contributed by atoms with E-state index in [9.17, 15) is 4.79 Å². The zero-order valence-electron chi connectivity index (χ0n) is 11.6. The van der Waals surface area contributed by atoms with Gasteiger partial charge in [-0.25, -0.2) is 0 Å². The monoisotopic (exact) mass is 261 g/mol. The standard InChI is InChI=1S/C15H23N3O/c1-12-7-9-18(14(10-12)11-16)15(19)6-5-13-4-2-3-8-17-13/h2-4,8,12,14H,5-7,9-11,16H2,1H3. The maximum atomic E-state index is 12.3. The predicted molar refractivity (Wildman–Crippen MR) is 75.5 cm³/mol. The summed E-state index contributed by atoms with van der Waals surface area (Å²) in [6.07, 6.45) is 5.13. The molecule has 1 amide bonds. The molecule has 1 fully saturated rings. The van der Waals surface area contributed by atoms with Crippen molar-refractivity contribution in [1.82, 2.24) is 9.88 Å². The number of carbonyl (C=O) groups is 1. The number of rotatable bonds is 4. The van der Waals surface area contributed by atoms with Crippen molar-refractivity contribution in [3.05, 3.63) is 30.1 Å². The molecule has 2 heterocycles. The summed E-state index contributed by atoms with van der Waals surface area (Å²) in [6, 6.07) is 6.03. The second kappa shape index (κ2) is 6.66. The van der Waals surface area contributed by atoms with E-state index in [1.54, 1.807) is 6.20 Å². The first-order valence-electron chi connectivity index (χ1n) is 7.10. The fraction of sp³-hybridized carbons (Fsp3) is 0.600. The van der Waals surface area contributed by atoms with Crippen molar-refractivity contribution in [2.45, 2.75) is 38.6 Å². The van der Waals surface area contributed by atoms with E-state index in [1.165, 1.54) is 0 Å². The van der Waals surface area contributed by atoms with Gasteiger partial charge in [0.25, 0.3) is 0 Å². The number of pyridine rings is 1. The van der Waals surface area contributed by atoms with E-state index in [-0.39, 0.29) is 11.9 Å². The quantitative estimate of drug-likeness (QED) is 0.895. The van der Waals surface area contributed by atoms with Crippen LogP contribution >= 0.6 is 0 Å². The Morgan fingerprint density at radius 2 is 2.37 bits per heavy atom. The molecule has 0 spiro atoms. The highest BCUT2D eigenvalue weighted by Gasteiger charge is 2.28. The van der Waals surface area contributed by atoms with E-state index in [4.69, 9.17) is 5.73 Å². The van der Waals surface area contributed by atoms with Crippen molar-refractivity contribution in [3.63, 3.8) is 0 Å². The predicted octanol–water partition coefficient (Wildman–Crippen LogP) is 1.60. The van der Waals surface area contributed by atoms with E-state index >= 15 is 0 Å². The van der Waals surface area contributed by atoms with E-state index < -0.39 is 0 Å². The first-order valence-corrected chi connectivity index (χ1v) is 7.10. The van der Waals surface area contributed by atoms with Crippen LogP contribution in [0.1, 0.15) is 31.9 Å². The average Bonchev–Trinajstić information content (AvgIpc) is 2.45. The normalized spacial score (nSPS) is 23.4. The van der Waals surface area contributed by atoms with Crippen LogP contribution in [0.5, 0.6) is 0 Å². The zero-order chi connectivity index (χ0) is 13.7. The molecule has 4 heteroatoms. The summed E-state index contributed by atoms with van der Waals surface area (Å²) >= 11 is 0. The Balaban J connectivity index is 1.88. The van der Waals surface area contributed by atoms with Crippen LogP contribution in [-0.4, -0.2) is 34.9 Å². The molecule has 0 radical (unpaired) electrons. The Morgan fingerprint density at radius 1 is 1.53 bits per heavy atom. The number of piperidine rings is 1. The fourth-order valence-corrected chi connectivity index (χ4v) is 2.73. The molecule has 4 nitrogen and oxygen atoms in total. The van der Waals surface area contributed by atoms with Gasteiger partial charge in [0.1, 0.15) is 0 Å². The number of hydrogen-bond acceptors (Lipinski definition) is 3. The van der Waals surface area contributed by atoms with Crippen molar-refractivity contribution >= 4 is 5.91 Å². The highest BCUT2D eigenvalue weighted by Crippen LogP contribution is 2.22. The van der Waals surface area contributed by atoms with Crippen molar-refractivity contribution in [2.75, 3.05) is 13.1 Å². The average molecular weight is 261 g/mol. The molecule has 19 heavy (non-hydrogen) atoms. The minimum Gasteiger partial charge on any atom is -0.338 e. The third kappa shape index (κ3) is 3.77. The molecule has 2 rings (SSSR count). The Bertz CT molecular complexity index is 407. The number of hydrogen-bond donors (Lipinski definition) is 1. The molecular formula is C15H23N3O. The van der Waals surface area contributed by atoms with Crippen molar-refractivity contribution in [1.29, 1.82) is 0 Å². The van der Waals surface area contributed by atoms with Crippen molar-refractivity contribution < 1.29 is 4.79 Å². The van der Waals surface area contributed by atoms with Crippen LogP contribution in [-0.2, 0) is 11.2 Å². The Morgan fingerprint density at radius 3 is 3.05 bits per heavy atom. The van der Waals surface area contributed by atoms with E-state index in [0.717, 1.165) is 25.1 Å².